The molecule has 0 saturated carbocycles. The fourth-order valence-corrected chi connectivity index (χ4v) is 1.89. The van der Waals surface area contributed by atoms with Crippen LogP contribution in [0.1, 0.15) is 24.6 Å². The van der Waals surface area contributed by atoms with Crippen LogP contribution in [0.15, 0.2) is 15.8 Å². The van der Waals surface area contributed by atoms with Crippen molar-refractivity contribution in [3.8, 4) is 0 Å². The average molecular weight is 243 g/mol. The Morgan fingerprint density at radius 2 is 2.24 bits per heavy atom. The van der Waals surface area contributed by atoms with Gasteiger partial charge in [-0.25, -0.2) is 4.79 Å². The van der Waals surface area contributed by atoms with E-state index in [0.29, 0.717) is 12.8 Å². The SMILES string of the molecule is Cc1cn([C@H]2CC[C@@H](CO)O2)c(=O)n([18F])c1=O. The zero-order valence-electron chi connectivity index (χ0n) is 9.30. The molecule has 7 heteroatoms. The molecule has 1 fully saturated rings. The summed E-state index contributed by atoms with van der Waals surface area (Å²) in [6, 6.07) is 0. The molecule has 0 radical (unpaired) electrons. The zero-order valence-corrected chi connectivity index (χ0v) is 9.30. The Balaban J connectivity index is 2.41. The first-order valence-electron chi connectivity index (χ1n) is 5.32. The van der Waals surface area contributed by atoms with Crippen molar-refractivity contribution in [2.24, 2.45) is 0 Å². The van der Waals surface area contributed by atoms with Crippen molar-refractivity contribution in [1.29, 1.82) is 0 Å². The van der Waals surface area contributed by atoms with E-state index < -0.39 is 22.3 Å². The summed E-state index contributed by atoms with van der Waals surface area (Å²) in [6.07, 6.45) is 1.42. The van der Waals surface area contributed by atoms with E-state index in [-0.39, 0.29) is 18.3 Å². The third kappa shape index (κ3) is 2.03. The van der Waals surface area contributed by atoms with E-state index in [9.17, 15) is 14.1 Å². The lowest BCUT2D eigenvalue weighted by atomic mass is 10.2. The number of aliphatic hydroxyl groups excluding tert-OH is 1. The second-order valence-electron chi connectivity index (χ2n) is 4.06. The molecule has 2 rings (SSSR count). The normalized spacial score (nSPS) is 24.2. The highest BCUT2D eigenvalue weighted by atomic mass is 18.3. The van der Waals surface area contributed by atoms with Crippen LogP contribution in [0.5, 0.6) is 0 Å². The molecular weight excluding hydrogens is 230 g/mol. The Morgan fingerprint density at radius 1 is 1.53 bits per heavy atom. The minimum atomic E-state index is -1.05. The van der Waals surface area contributed by atoms with E-state index in [1.54, 1.807) is 0 Å². The largest absolute Gasteiger partial charge is 0.394 e. The smallest absolute Gasteiger partial charge is 0.362 e. The standard InChI is InChI=1S/C10H13FN2O4/c1-6-4-12(10(16)13(11)9(6)15)8-3-2-7(5-14)17-8/h4,7-8,14H,2-3,5H2,1H3/t7-,8+/m0/s1/i11-1. The molecule has 1 aliphatic heterocycles. The van der Waals surface area contributed by atoms with Gasteiger partial charge in [0, 0.05) is 11.8 Å². The van der Waals surface area contributed by atoms with E-state index in [1.165, 1.54) is 13.1 Å². The van der Waals surface area contributed by atoms with Crippen molar-refractivity contribution in [3.63, 3.8) is 0 Å². The van der Waals surface area contributed by atoms with Crippen LogP contribution in [0.3, 0.4) is 0 Å². The van der Waals surface area contributed by atoms with Crippen LogP contribution in [0.4, 0.5) is 4.48 Å². The molecule has 2 atom stereocenters. The van der Waals surface area contributed by atoms with E-state index in [1.807, 2.05) is 0 Å². The molecule has 1 N–H and O–H groups in total. The molecular formula is C10H13FN2O4. The zero-order chi connectivity index (χ0) is 12.6. The minimum absolute atomic E-state index is 0.128. The summed E-state index contributed by atoms with van der Waals surface area (Å²) in [5, 5.41) is 8.91. The van der Waals surface area contributed by atoms with Crippen LogP contribution < -0.4 is 11.2 Å². The molecule has 17 heavy (non-hydrogen) atoms. The molecule has 0 aliphatic carbocycles. The maximum atomic E-state index is 13.3. The fourth-order valence-electron chi connectivity index (χ4n) is 1.89. The Morgan fingerprint density at radius 3 is 2.82 bits per heavy atom. The molecule has 1 aromatic heterocycles. The van der Waals surface area contributed by atoms with Gasteiger partial charge in [-0.05, 0) is 19.8 Å². The lowest BCUT2D eigenvalue weighted by molar-refractivity contribution is -0.0264. The van der Waals surface area contributed by atoms with Crippen molar-refractivity contribution in [2.75, 3.05) is 6.61 Å². The predicted molar refractivity (Wildman–Crippen MR) is 56.4 cm³/mol. The summed E-state index contributed by atoms with van der Waals surface area (Å²) < 4.78 is 19.7. The highest BCUT2D eigenvalue weighted by Gasteiger charge is 2.27. The van der Waals surface area contributed by atoms with Crippen LogP contribution in [-0.2, 0) is 4.74 Å². The average Bonchev–Trinajstić information content (AvgIpc) is 2.79. The first-order chi connectivity index (χ1) is 8.04. The van der Waals surface area contributed by atoms with Gasteiger partial charge in [0.05, 0.1) is 12.7 Å². The second kappa shape index (κ2) is 4.42. The fraction of sp³-hybridized carbons (Fsp3) is 0.600. The summed E-state index contributed by atoms with van der Waals surface area (Å²) in [7, 11) is 0. The van der Waals surface area contributed by atoms with Gasteiger partial charge in [0.25, 0.3) is 5.56 Å². The monoisotopic (exact) mass is 243 g/mol. The van der Waals surface area contributed by atoms with Crippen LogP contribution in [0.25, 0.3) is 0 Å². The number of hydrogen-bond donors (Lipinski definition) is 1. The molecule has 94 valence electrons. The number of halogens is 1. The molecule has 0 aromatic carbocycles. The first kappa shape index (κ1) is 12.0. The van der Waals surface area contributed by atoms with Gasteiger partial charge < -0.3 is 9.84 Å². The number of ether oxygens (including phenoxy) is 1. The van der Waals surface area contributed by atoms with E-state index >= 15 is 0 Å². The molecule has 0 bridgehead atoms. The van der Waals surface area contributed by atoms with Gasteiger partial charge in [-0.3, -0.25) is 9.36 Å². The molecule has 0 unspecified atom stereocenters. The molecule has 2 heterocycles. The third-order valence-electron chi connectivity index (χ3n) is 2.84. The lowest BCUT2D eigenvalue weighted by Crippen LogP contribution is -2.38. The highest BCUT2D eigenvalue weighted by molar-refractivity contribution is 5.02. The predicted octanol–water partition coefficient (Wildman–Crippen LogP) is -0.279. The minimum Gasteiger partial charge on any atom is -0.394 e. The Labute approximate surface area is 95.8 Å². The number of aliphatic hydroxyl groups is 1. The lowest BCUT2D eigenvalue weighted by Gasteiger charge is -2.15. The Kier molecular flexibility index (Phi) is 3.12. The molecule has 0 spiro atoms. The maximum absolute atomic E-state index is 13.3. The molecule has 1 aliphatic rings. The van der Waals surface area contributed by atoms with Gasteiger partial charge in [-0.15, -0.1) is 0 Å². The van der Waals surface area contributed by atoms with Crippen molar-refractivity contribution in [1.82, 2.24) is 9.36 Å². The summed E-state index contributed by atoms with van der Waals surface area (Å²) in [6.45, 7) is 1.28. The number of rotatable bonds is 2. The summed E-state index contributed by atoms with van der Waals surface area (Å²) in [5.74, 6) is 0. The van der Waals surface area contributed by atoms with Crippen LogP contribution in [-0.4, -0.2) is 27.2 Å². The van der Waals surface area contributed by atoms with Gasteiger partial charge >= 0.3 is 5.69 Å². The van der Waals surface area contributed by atoms with Crippen molar-refractivity contribution in [2.45, 2.75) is 32.1 Å². The van der Waals surface area contributed by atoms with Gasteiger partial charge in [-0.1, -0.05) is 9.27 Å². The van der Waals surface area contributed by atoms with Crippen LogP contribution >= 0.6 is 0 Å². The van der Waals surface area contributed by atoms with Crippen molar-refractivity contribution in [3.05, 3.63) is 32.6 Å². The summed E-state index contributed by atoms with van der Waals surface area (Å²) in [4.78, 5) is 22.3. The maximum Gasteiger partial charge on any atom is 0.362 e. The Hall–Kier alpha value is -1.47. The quantitative estimate of drug-likeness (QED) is 0.775. The first-order valence-corrected chi connectivity index (χ1v) is 5.32. The molecule has 0 amide bonds. The van der Waals surface area contributed by atoms with Crippen molar-refractivity contribution >= 4 is 0 Å². The number of aryl methyl sites for hydroxylation is 1. The number of hydrogen-bond acceptors (Lipinski definition) is 4. The molecule has 1 saturated heterocycles. The van der Waals surface area contributed by atoms with Crippen LogP contribution in [0.2, 0.25) is 0 Å². The second-order valence-corrected chi connectivity index (χ2v) is 4.06. The highest BCUT2D eigenvalue weighted by Crippen LogP contribution is 2.26. The molecule has 1 aromatic rings. The Bertz CT molecular complexity index is 536. The van der Waals surface area contributed by atoms with Gasteiger partial charge in [0.15, 0.2) is 0 Å². The van der Waals surface area contributed by atoms with E-state index in [2.05, 4.69) is 0 Å². The van der Waals surface area contributed by atoms with E-state index in [4.69, 9.17) is 9.84 Å². The topological polar surface area (TPSA) is 73.5 Å². The van der Waals surface area contributed by atoms with Gasteiger partial charge in [-0.2, -0.15) is 0 Å². The van der Waals surface area contributed by atoms with Crippen LogP contribution in [0, 0.1) is 6.92 Å². The third-order valence-corrected chi connectivity index (χ3v) is 2.84. The number of aromatic nitrogens is 2. The van der Waals surface area contributed by atoms with Gasteiger partial charge in [0.1, 0.15) is 6.23 Å². The summed E-state index contributed by atoms with van der Waals surface area (Å²) in [5.41, 5.74) is -1.88. The molecule has 6 nitrogen and oxygen atoms in total. The van der Waals surface area contributed by atoms with Crippen molar-refractivity contribution < 1.29 is 14.3 Å². The number of nitrogens with zero attached hydrogens (tertiary/aromatic N) is 2. The van der Waals surface area contributed by atoms with E-state index in [0.717, 1.165) is 4.57 Å². The summed E-state index contributed by atoms with van der Waals surface area (Å²) >= 11 is 0. The van der Waals surface area contributed by atoms with Gasteiger partial charge in [0.2, 0.25) is 0 Å².